The van der Waals surface area contributed by atoms with Gasteiger partial charge >= 0.3 is 0 Å². The van der Waals surface area contributed by atoms with Gasteiger partial charge in [0.25, 0.3) is 0 Å². The summed E-state index contributed by atoms with van der Waals surface area (Å²) in [5.74, 6) is 0.998. The zero-order valence-corrected chi connectivity index (χ0v) is 12.2. The number of fused-ring (bicyclic) bond motifs is 1. The first-order valence-electron chi connectivity index (χ1n) is 7.56. The fourth-order valence-electron chi connectivity index (χ4n) is 4.39. The second kappa shape index (κ2) is 4.82. The van der Waals surface area contributed by atoms with Crippen LogP contribution in [0.5, 0.6) is 5.75 Å². The third-order valence-corrected chi connectivity index (χ3v) is 5.60. The molecule has 1 aliphatic carbocycles. The highest BCUT2D eigenvalue weighted by atomic mass is 16.5. The predicted molar refractivity (Wildman–Crippen MR) is 78.7 cm³/mol. The third kappa shape index (κ3) is 1.97. The summed E-state index contributed by atoms with van der Waals surface area (Å²) in [6.45, 7) is 4.79. The van der Waals surface area contributed by atoms with Crippen LogP contribution in [0.4, 0.5) is 0 Å². The normalized spacial score (nSPS) is 34.6. The molecule has 2 nitrogen and oxygen atoms in total. The molecule has 2 atom stereocenters. The maximum Gasteiger partial charge on any atom is 0.119 e. The number of hydrogen-bond acceptors (Lipinski definition) is 2. The molecular formula is C17H25NO. The number of nitrogens with one attached hydrogen (secondary N) is 1. The van der Waals surface area contributed by atoms with E-state index in [1.165, 1.54) is 37.7 Å². The number of rotatable bonds is 2. The minimum absolute atomic E-state index is 0.352. The third-order valence-electron chi connectivity index (χ3n) is 5.60. The van der Waals surface area contributed by atoms with Crippen molar-refractivity contribution < 1.29 is 4.74 Å². The lowest BCUT2D eigenvalue weighted by Crippen LogP contribution is -2.56. The molecule has 0 bridgehead atoms. The number of methoxy groups -OCH3 is 1. The van der Waals surface area contributed by atoms with Crippen LogP contribution in [0.3, 0.4) is 0 Å². The van der Waals surface area contributed by atoms with E-state index in [0.717, 1.165) is 18.8 Å². The summed E-state index contributed by atoms with van der Waals surface area (Å²) in [6.07, 6.45) is 6.68. The lowest BCUT2D eigenvalue weighted by atomic mass is 9.51. The molecule has 1 aromatic rings. The highest BCUT2D eigenvalue weighted by molar-refractivity contribution is 5.37. The van der Waals surface area contributed by atoms with Crippen LogP contribution < -0.4 is 10.1 Å². The lowest BCUT2D eigenvalue weighted by Gasteiger charge is -2.56. The van der Waals surface area contributed by atoms with Crippen LogP contribution in [0.15, 0.2) is 24.3 Å². The molecule has 0 radical (unpaired) electrons. The molecule has 1 heterocycles. The van der Waals surface area contributed by atoms with Gasteiger partial charge in [-0.15, -0.1) is 0 Å². The molecule has 1 saturated heterocycles. The highest BCUT2D eigenvalue weighted by Crippen LogP contribution is 2.55. The summed E-state index contributed by atoms with van der Waals surface area (Å²) >= 11 is 0. The molecule has 1 aliphatic heterocycles. The van der Waals surface area contributed by atoms with E-state index in [0.29, 0.717) is 10.8 Å². The monoisotopic (exact) mass is 259 g/mol. The Morgan fingerprint density at radius 3 is 2.84 bits per heavy atom. The van der Waals surface area contributed by atoms with Crippen LogP contribution in [-0.2, 0) is 5.41 Å². The van der Waals surface area contributed by atoms with Gasteiger partial charge in [0.15, 0.2) is 0 Å². The van der Waals surface area contributed by atoms with E-state index in [9.17, 15) is 0 Å². The summed E-state index contributed by atoms with van der Waals surface area (Å²) < 4.78 is 5.44. The standard InChI is InChI=1S/C17H25NO/c1-16-8-3-4-9-17(16,10-11-18-13-16)14-6-5-7-15(12-14)19-2/h5-7,12,18H,3-4,8-11,13H2,1-2H3/t16-,17+/m1/s1. The predicted octanol–water partition coefficient (Wildman–Crippen LogP) is 3.51. The first kappa shape index (κ1) is 13.0. The Morgan fingerprint density at radius 1 is 1.16 bits per heavy atom. The summed E-state index contributed by atoms with van der Waals surface area (Å²) in [4.78, 5) is 0. The van der Waals surface area contributed by atoms with E-state index in [1.54, 1.807) is 7.11 Å². The Balaban J connectivity index is 2.06. The van der Waals surface area contributed by atoms with Crippen molar-refractivity contribution in [3.05, 3.63) is 29.8 Å². The van der Waals surface area contributed by atoms with Crippen LogP contribution in [0.25, 0.3) is 0 Å². The molecule has 2 fully saturated rings. The van der Waals surface area contributed by atoms with Crippen molar-refractivity contribution in [3.63, 3.8) is 0 Å². The minimum Gasteiger partial charge on any atom is -0.497 e. The topological polar surface area (TPSA) is 21.3 Å². The summed E-state index contributed by atoms with van der Waals surface area (Å²) in [7, 11) is 1.76. The molecule has 1 aromatic carbocycles. The number of benzene rings is 1. The molecule has 0 spiro atoms. The van der Waals surface area contributed by atoms with Gasteiger partial charge in [-0.05, 0) is 48.9 Å². The second-order valence-electron chi connectivity index (χ2n) is 6.51. The maximum absolute atomic E-state index is 5.44. The van der Waals surface area contributed by atoms with Crippen LogP contribution in [0.1, 0.15) is 44.6 Å². The lowest BCUT2D eigenvalue weighted by molar-refractivity contribution is 0.0396. The molecule has 104 valence electrons. The summed E-state index contributed by atoms with van der Waals surface area (Å²) in [6, 6.07) is 8.80. The zero-order chi connectivity index (χ0) is 13.3. The fourth-order valence-corrected chi connectivity index (χ4v) is 4.39. The van der Waals surface area contributed by atoms with Crippen molar-refractivity contribution in [2.75, 3.05) is 20.2 Å². The number of hydrogen-bond donors (Lipinski definition) is 1. The van der Waals surface area contributed by atoms with Gasteiger partial charge in [-0.1, -0.05) is 31.9 Å². The zero-order valence-electron chi connectivity index (χ0n) is 12.2. The largest absolute Gasteiger partial charge is 0.497 e. The fraction of sp³-hybridized carbons (Fsp3) is 0.647. The van der Waals surface area contributed by atoms with Crippen LogP contribution >= 0.6 is 0 Å². The average molecular weight is 259 g/mol. The van der Waals surface area contributed by atoms with Crippen molar-refractivity contribution in [1.29, 1.82) is 0 Å². The molecule has 2 aliphatic rings. The Labute approximate surface area is 116 Å². The molecule has 19 heavy (non-hydrogen) atoms. The Morgan fingerprint density at radius 2 is 2.00 bits per heavy atom. The van der Waals surface area contributed by atoms with Gasteiger partial charge in [-0.2, -0.15) is 0 Å². The molecular weight excluding hydrogens is 234 g/mol. The molecule has 2 heteroatoms. The van der Waals surface area contributed by atoms with Gasteiger partial charge in [-0.3, -0.25) is 0 Å². The van der Waals surface area contributed by atoms with Crippen LogP contribution in [-0.4, -0.2) is 20.2 Å². The first-order chi connectivity index (χ1) is 9.20. The van der Waals surface area contributed by atoms with Gasteiger partial charge < -0.3 is 10.1 Å². The van der Waals surface area contributed by atoms with Crippen LogP contribution in [0.2, 0.25) is 0 Å². The van der Waals surface area contributed by atoms with Crippen molar-refractivity contribution in [2.45, 2.75) is 44.4 Å². The quantitative estimate of drug-likeness (QED) is 0.877. The van der Waals surface area contributed by atoms with Crippen molar-refractivity contribution in [3.8, 4) is 5.75 Å². The molecule has 0 amide bonds. The van der Waals surface area contributed by atoms with E-state index in [2.05, 4.69) is 36.5 Å². The minimum atomic E-state index is 0.352. The van der Waals surface area contributed by atoms with E-state index >= 15 is 0 Å². The number of piperidine rings is 1. The smallest absolute Gasteiger partial charge is 0.119 e. The van der Waals surface area contributed by atoms with Crippen molar-refractivity contribution in [2.24, 2.45) is 5.41 Å². The molecule has 0 aromatic heterocycles. The van der Waals surface area contributed by atoms with Gasteiger partial charge in [0.2, 0.25) is 0 Å². The van der Waals surface area contributed by atoms with E-state index in [4.69, 9.17) is 4.74 Å². The molecule has 1 N–H and O–H groups in total. The number of ether oxygens (including phenoxy) is 1. The van der Waals surface area contributed by atoms with Crippen LogP contribution in [0, 0.1) is 5.41 Å². The summed E-state index contributed by atoms with van der Waals surface area (Å²) in [5.41, 5.74) is 2.25. The van der Waals surface area contributed by atoms with Crippen molar-refractivity contribution in [1.82, 2.24) is 5.32 Å². The maximum atomic E-state index is 5.44. The van der Waals surface area contributed by atoms with Crippen molar-refractivity contribution >= 4 is 0 Å². The molecule has 1 saturated carbocycles. The van der Waals surface area contributed by atoms with Gasteiger partial charge in [0.05, 0.1) is 7.11 Å². The SMILES string of the molecule is COc1cccc([C@@]23CCCC[C@]2(C)CNCC3)c1. The Hall–Kier alpha value is -1.02. The second-order valence-corrected chi connectivity index (χ2v) is 6.51. The van der Waals surface area contributed by atoms with E-state index in [-0.39, 0.29) is 0 Å². The van der Waals surface area contributed by atoms with E-state index < -0.39 is 0 Å². The molecule has 0 unspecified atom stereocenters. The first-order valence-corrected chi connectivity index (χ1v) is 7.56. The molecule has 3 rings (SSSR count). The highest BCUT2D eigenvalue weighted by Gasteiger charge is 2.51. The summed E-state index contributed by atoms with van der Waals surface area (Å²) in [5, 5.41) is 3.62. The average Bonchev–Trinajstić information content (AvgIpc) is 2.46. The Bertz CT molecular complexity index is 442. The Kier molecular flexibility index (Phi) is 3.30. The van der Waals surface area contributed by atoms with E-state index in [1.807, 2.05) is 0 Å². The van der Waals surface area contributed by atoms with Gasteiger partial charge in [-0.25, -0.2) is 0 Å². The van der Waals surface area contributed by atoms with Gasteiger partial charge in [0.1, 0.15) is 5.75 Å². The van der Waals surface area contributed by atoms with Gasteiger partial charge in [0, 0.05) is 12.0 Å².